The number of carbonyl (C=O) groups is 1. The molecule has 0 fully saturated rings. The molecule has 1 amide bonds. The summed E-state index contributed by atoms with van der Waals surface area (Å²) in [5.41, 5.74) is 1.41. The number of para-hydroxylation sites is 1. The van der Waals surface area contributed by atoms with Crippen LogP contribution >= 0.6 is 0 Å². The Morgan fingerprint density at radius 3 is 2.81 bits per heavy atom. The first-order valence-electron chi connectivity index (χ1n) is 10.4. The Labute approximate surface area is 180 Å². The molecule has 1 unspecified atom stereocenters. The van der Waals surface area contributed by atoms with Gasteiger partial charge in [0.15, 0.2) is 5.43 Å². The molecule has 0 bridgehead atoms. The molecule has 6 heteroatoms. The fourth-order valence-electron chi connectivity index (χ4n) is 3.96. The smallest absolute Gasteiger partial charge is 0.290 e. The van der Waals surface area contributed by atoms with Gasteiger partial charge in [0.1, 0.15) is 17.9 Å². The lowest BCUT2D eigenvalue weighted by Gasteiger charge is -2.25. The molecule has 2 heterocycles. The average Bonchev–Trinajstić information content (AvgIpc) is 3.07. The number of hydrogen-bond acceptors (Lipinski definition) is 5. The van der Waals surface area contributed by atoms with E-state index in [1.54, 1.807) is 35.2 Å². The van der Waals surface area contributed by atoms with Gasteiger partial charge in [-0.1, -0.05) is 36.9 Å². The van der Waals surface area contributed by atoms with Gasteiger partial charge in [-0.25, -0.2) is 0 Å². The Balaban J connectivity index is 1.81. The molecule has 31 heavy (non-hydrogen) atoms. The maximum absolute atomic E-state index is 13.4. The van der Waals surface area contributed by atoms with Crippen LogP contribution in [0.15, 0.2) is 70.4 Å². The number of amides is 1. The fraction of sp³-hybridized carbons (Fsp3) is 0.280. The van der Waals surface area contributed by atoms with Crippen molar-refractivity contribution in [1.29, 1.82) is 0 Å². The number of nitrogens with zero attached hydrogens (tertiary/aromatic N) is 1. The van der Waals surface area contributed by atoms with E-state index in [1.807, 2.05) is 31.2 Å². The summed E-state index contributed by atoms with van der Waals surface area (Å²) in [6, 6.07) is 13.9. The van der Waals surface area contributed by atoms with Crippen molar-refractivity contribution in [2.45, 2.75) is 19.4 Å². The van der Waals surface area contributed by atoms with Crippen molar-refractivity contribution < 1.29 is 18.7 Å². The molecule has 4 rings (SSSR count). The molecule has 3 aromatic rings. The van der Waals surface area contributed by atoms with Gasteiger partial charge in [-0.05, 0) is 43.2 Å². The van der Waals surface area contributed by atoms with Gasteiger partial charge >= 0.3 is 0 Å². The van der Waals surface area contributed by atoms with Gasteiger partial charge in [-0.15, -0.1) is 0 Å². The Kier molecular flexibility index (Phi) is 6.18. The minimum Gasteiger partial charge on any atom is -0.490 e. The van der Waals surface area contributed by atoms with Crippen LogP contribution in [0.1, 0.15) is 41.1 Å². The summed E-state index contributed by atoms with van der Waals surface area (Å²) in [5, 5.41) is 0.467. The quantitative estimate of drug-likeness (QED) is 0.381. The van der Waals surface area contributed by atoms with Crippen LogP contribution in [-0.4, -0.2) is 37.2 Å². The Hall–Kier alpha value is -3.38. The third-order valence-corrected chi connectivity index (χ3v) is 5.31. The minimum atomic E-state index is -0.544. The van der Waals surface area contributed by atoms with Crippen LogP contribution in [0.4, 0.5) is 0 Å². The highest BCUT2D eigenvalue weighted by molar-refractivity contribution is 5.99. The van der Waals surface area contributed by atoms with Crippen LogP contribution in [0.25, 0.3) is 11.0 Å². The van der Waals surface area contributed by atoms with Crippen molar-refractivity contribution in [3.63, 3.8) is 0 Å². The summed E-state index contributed by atoms with van der Waals surface area (Å²) >= 11 is 0. The first-order chi connectivity index (χ1) is 15.2. The molecule has 0 radical (unpaired) electrons. The van der Waals surface area contributed by atoms with E-state index in [-0.39, 0.29) is 17.1 Å². The lowest BCUT2D eigenvalue weighted by molar-refractivity contribution is 0.0695. The van der Waals surface area contributed by atoms with E-state index < -0.39 is 6.04 Å². The van der Waals surface area contributed by atoms with Gasteiger partial charge in [0.05, 0.1) is 17.0 Å². The first-order valence-corrected chi connectivity index (χ1v) is 10.4. The predicted molar refractivity (Wildman–Crippen MR) is 119 cm³/mol. The van der Waals surface area contributed by atoms with E-state index in [4.69, 9.17) is 13.9 Å². The van der Waals surface area contributed by atoms with Crippen LogP contribution < -0.4 is 10.2 Å². The van der Waals surface area contributed by atoms with Gasteiger partial charge in [0.2, 0.25) is 5.76 Å². The maximum Gasteiger partial charge on any atom is 0.290 e. The van der Waals surface area contributed by atoms with E-state index in [0.29, 0.717) is 55.1 Å². The highest BCUT2D eigenvalue weighted by Crippen LogP contribution is 2.39. The Bertz CT molecular complexity index is 1170. The maximum atomic E-state index is 13.4. The van der Waals surface area contributed by atoms with E-state index >= 15 is 0 Å². The van der Waals surface area contributed by atoms with E-state index in [2.05, 4.69) is 6.58 Å². The van der Waals surface area contributed by atoms with Crippen molar-refractivity contribution in [3.05, 3.63) is 88.3 Å². The summed E-state index contributed by atoms with van der Waals surface area (Å²) in [6.07, 6.45) is 2.33. The van der Waals surface area contributed by atoms with Gasteiger partial charge in [-0.3, -0.25) is 9.59 Å². The summed E-state index contributed by atoms with van der Waals surface area (Å²) < 4.78 is 17.1. The number of ether oxygens (including phenoxy) is 2. The van der Waals surface area contributed by atoms with Crippen molar-refractivity contribution in [3.8, 4) is 5.75 Å². The summed E-state index contributed by atoms with van der Waals surface area (Å²) in [7, 11) is 0. The largest absolute Gasteiger partial charge is 0.490 e. The lowest BCUT2D eigenvalue weighted by atomic mass is 9.98. The molecule has 0 saturated carbocycles. The Morgan fingerprint density at radius 2 is 2.00 bits per heavy atom. The topological polar surface area (TPSA) is 69.0 Å². The van der Waals surface area contributed by atoms with Crippen LogP contribution in [0.5, 0.6) is 5.75 Å². The van der Waals surface area contributed by atoms with E-state index in [0.717, 1.165) is 5.56 Å². The molecule has 1 aliphatic rings. The zero-order valence-electron chi connectivity index (χ0n) is 17.5. The zero-order chi connectivity index (χ0) is 21.8. The minimum absolute atomic E-state index is 0.113. The lowest BCUT2D eigenvalue weighted by Crippen LogP contribution is -2.31. The Morgan fingerprint density at radius 1 is 1.16 bits per heavy atom. The molecule has 160 valence electrons. The highest BCUT2D eigenvalue weighted by Gasteiger charge is 2.42. The van der Waals surface area contributed by atoms with Crippen LogP contribution in [-0.2, 0) is 4.74 Å². The zero-order valence-corrected chi connectivity index (χ0v) is 17.5. The van der Waals surface area contributed by atoms with Crippen LogP contribution in [0.3, 0.4) is 0 Å². The highest BCUT2D eigenvalue weighted by atomic mass is 16.5. The van der Waals surface area contributed by atoms with Crippen molar-refractivity contribution in [2.24, 2.45) is 0 Å². The van der Waals surface area contributed by atoms with E-state index in [9.17, 15) is 9.59 Å². The van der Waals surface area contributed by atoms with Crippen LogP contribution in [0.2, 0.25) is 0 Å². The van der Waals surface area contributed by atoms with Gasteiger partial charge in [-0.2, -0.15) is 0 Å². The molecular formula is C25H25NO5. The standard InChI is InChI=1S/C25H25NO5/c1-3-14-30-18-10-7-9-17(16-18)22-21-23(27)19-11-5-6-12-20(19)31-24(21)25(28)26(22)13-8-15-29-4-2/h3,5-7,9-12,16,22H,1,4,8,13-15H2,2H3. The average molecular weight is 419 g/mol. The first kappa shape index (κ1) is 20.9. The summed E-state index contributed by atoms with van der Waals surface area (Å²) in [4.78, 5) is 28.4. The number of rotatable bonds is 9. The normalized spacial score (nSPS) is 15.3. The molecule has 0 N–H and O–H groups in total. The molecular weight excluding hydrogens is 394 g/mol. The molecule has 1 aromatic heterocycles. The van der Waals surface area contributed by atoms with Gasteiger partial charge in [0.25, 0.3) is 5.91 Å². The number of benzene rings is 2. The second kappa shape index (κ2) is 9.18. The van der Waals surface area contributed by atoms with Crippen molar-refractivity contribution in [2.75, 3.05) is 26.4 Å². The number of hydrogen-bond donors (Lipinski definition) is 0. The third-order valence-electron chi connectivity index (χ3n) is 5.31. The number of carbonyl (C=O) groups excluding carboxylic acids is 1. The van der Waals surface area contributed by atoms with Gasteiger partial charge < -0.3 is 18.8 Å². The van der Waals surface area contributed by atoms with Gasteiger partial charge in [0, 0.05) is 19.8 Å². The molecule has 1 atom stereocenters. The predicted octanol–water partition coefficient (Wildman–Crippen LogP) is 4.33. The van der Waals surface area contributed by atoms with Crippen LogP contribution in [0, 0.1) is 0 Å². The number of fused-ring (bicyclic) bond motifs is 2. The SMILES string of the molecule is C=CCOc1cccc(C2c3c(oc4ccccc4c3=O)C(=O)N2CCCOCC)c1. The molecule has 0 saturated heterocycles. The third kappa shape index (κ3) is 3.99. The molecule has 2 aromatic carbocycles. The van der Waals surface area contributed by atoms with Crippen molar-refractivity contribution >= 4 is 16.9 Å². The molecule has 0 spiro atoms. The monoisotopic (exact) mass is 419 g/mol. The second-order valence-corrected chi connectivity index (χ2v) is 7.29. The molecule has 1 aliphatic heterocycles. The molecule has 0 aliphatic carbocycles. The van der Waals surface area contributed by atoms with E-state index in [1.165, 1.54) is 0 Å². The second-order valence-electron chi connectivity index (χ2n) is 7.29. The van der Waals surface area contributed by atoms with Crippen molar-refractivity contribution in [1.82, 2.24) is 4.90 Å². The molecule has 6 nitrogen and oxygen atoms in total. The summed E-state index contributed by atoms with van der Waals surface area (Å²) in [5.74, 6) is 0.483. The fourth-order valence-corrected chi connectivity index (χ4v) is 3.96. The summed E-state index contributed by atoms with van der Waals surface area (Å²) in [6.45, 7) is 7.58.